The van der Waals surface area contributed by atoms with Crippen LogP contribution in [0.25, 0.3) is 0 Å². The van der Waals surface area contributed by atoms with Gasteiger partial charge in [0, 0.05) is 25.8 Å². The van der Waals surface area contributed by atoms with Crippen molar-refractivity contribution in [1.29, 1.82) is 0 Å². The largest absolute Gasteiger partial charge is 0.478 e. The Morgan fingerprint density at radius 3 is 2.56 bits per heavy atom. The third kappa shape index (κ3) is 4.19. The number of aromatic nitrogens is 2. The highest BCUT2D eigenvalue weighted by Gasteiger charge is 2.34. The third-order valence-corrected chi connectivity index (χ3v) is 4.41. The maximum absolute atomic E-state index is 12.6. The van der Waals surface area contributed by atoms with E-state index in [-0.39, 0.29) is 11.6 Å². The molecule has 0 unspecified atom stereocenters. The normalized spacial score (nSPS) is 16.9. The SMILES string of the molecule is O=C(O)c1cccc(CN2CCC(n3ccc(C(F)(F)F)n3)CC2)c1. The number of hydrogen-bond acceptors (Lipinski definition) is 3. The molecular weight excluding hydrogens is 335 g/mol. The molecule has 0 aliphatic carbocycles. The summed E-state index contributed by atoms with van der Waals surface area (Å²) in [6.45, 7) is 2.08. The van der Waals surface area contributed by atoms with E-state index in [0.717, 1.165) is 24.7 Å². The van der Waals surface area contributed by atoms with Gasteiger partial charge in [0.1, 0.15) is 0 Å². The van der Waals surface area contributed by atoms with Gasteiger partial charge in [0.15, 0.2) is 5.69 Å². The lowest BCUT2D eigenvalue weighted by Gasteiger charge is -2.32. The van der Waals surface area contributed by atoms with Gasteiger partial charge in [-0.25, -0.2) is 4.79 Å². The van der Waals surface area contributed by atoms with E-state index in [4.69, 9.17) is 5.11 Å². The maximum atomic E-state index is 12.6. The van der Waals surface area contributed by atoms with Crippen molar-refractivity contribution in [2.24, 2.45) is 0 Å². The number of carbonyl (C=O) groups is 1. The molecule has 2 aromatic rings. The fourth-order valence-electron chi connectivity index (χ4n) is 3.10. The van der Waals surface area contributed by atoms with Crippen molar-refractivity contribution < 1.29 is 23.1 Å². The first-order chi connectivity index (χ1) is 11.8. The van der Waals surface area contributed by atoms with Crippen LogP contribution in [0.2, 0.25) is 0 Å². The van der Waals surface area contributed by atoms with E-state index in [0.29, 0.717) is 19.4 Å². The lowest BCUT2D eigenvalue weighted by atomic mass is 10.0. The summed E-state index contributed by atoms with van der Waals surface area (Å²) < 4.78 is 39.3. The minimum absolute atomic E-state index is 0.0438. The Hall–Kier alpha value is -2.35. The van der Waals surface area contributed by atoms with Gasteiger partial charge in [0.05, 0.1) is 11.6 Å². The Labute approximate surface area is 142 Å². The average molecular weight is 353 g/mol. The number of nitrogens with zero attached hydrogens (tertiary/aromatic N) is 3. The topological polar surface area (TPSA) is 58.4 Å². The van der Waals surface area contributed by atoms with Crippen molar-refractivity contribution >= 4 is 5.97 Å². The van der Waals surface area contributed by atoms with Crippen LogP contribution in [0.15, 0.2) is 36.5 Å². The first kappa shape index (κ1) is 17.5. The summed E-state index contributed by atoms with van der Waals surface area (Å²) in [7, 11) is 0. The number of carboxylic acid groups (broad SMARTS) is 1. The van der Waals surface area contributed by atoms with Crippen LogP contribution in [0.4, 0.5) is 13.2 Å². The number of aromatic carboxylic acids is 1. The van der Waals surface area contributed by atoms with Crippen molar-refractivity contribution in [3.05, 3.63) is 53.3 Å². The minimum atomic E-state index is -4.42. The lowest BCUT2D eigenvalue weighted by Crippen LogP contribution is -2.34. The van der Waals surface area contributed by atoms with Gasteiger partial charge < -0.3 is 5.11 Å². The fraction of sp³-hybridized carbons (Fsp3) is 0.412. The molecule has 8 heteroatoms. The molecule has 0 atom stereocenters. The molecule has 0 amide bonds. The molecule has 1 aliphatic heterocycles. The van der Waals surface area contributed by atoms with Crippen LogP contribution in [-0.2, 0) is 12.7 Å². The van der Waals surface area contributed by atoms with E-state index in [9.17, 15) is 18.0 Å². The van der Waals surface area contributed by atoms with Crippen LogP contribution >= 0.6 is 0 Å². The summed E-state index contributed by atoms with van der Waals surface area (Å²) in [6.07, 6.45) is -1.62. The summed E-state index contributed by atoms with van der Waals surface area (Å²) in [6, 6.07) is 7.75. The Morgan fingerprint density at radius 2 is 1.96 bits per heavy atom. The van der Waals surface area contributed by atoms with E-state index >= 15 is 0 Å². The van der Waals surface area contributed by atoms with Crippen molar-refractivity contribution in [1.82, 2.24) is 14.7 Å². The second-order valence-corrected chi connectivity index (χ2v) is 6.19. The summed E-state index contributed by atoms with van der Waals surface area (Å²) in [5.74, 6) is -0.959. The van der Waals surface area contributed by atoms with Crippen molar-refractivity contribution in [3.63, 3.8) is 0 Å². The summed E-state index contributed by atoms with van der Waals surface area (Å²) in [5, 5.41) is 12.7. The summed E-state index contributed by atoms with van der Waals surface area (Å²) in [4.78, 5) is 13.2. The van der Waals surface area contributed by atoms with Crippen LogP contribution < -0.4 is 0 Å². The Kier molecular flexibility index (Phi) is 4.80. The Morgan fingerprint density at radius 1 is 1.24 bits per heavy atom. The zero-order valence-corrected chi connectivity index (χ0v) is 13.4. The van der Waals surface area contributed by atoms with Crippen molar-refractivity contribution in [3.8, 4) is 0 Å². The number of piperidine rings is 1. The standard InChI is InChI=1S/C17H18F3N3O2/c18-17(19,20)15-6-9-23(21-15)14-4-7-22(8-5-14)11-12-2-1-3-13(10-12)16(24)25/h1-3,6,9-10,14H,4-5,7-8,11H2,(H,24,25). The lowest BCUT2D eigenvalue weighted by molar-refractivity contribution is -0.141. The molecule has 0 radical (unpaired) electrons. The minimum Gasteiger partial charge on any atom is -0.478 e. The van der Waals surface area contributed by atoms with Gasteiger partial charge in [-0.15, -0.1) is 0 Å². The number of hydrogen-bond donors (Lipinski definition) is 1. The average Bonchev–Trinajstić information content (AvgIpc) is 3.06. The van der Waals surface area contributed by atoms with Crippen LogP contribution in [-0.4, -0.2) is 38.8 Å². The molecule has 1 aromatic carbocycles. The molecule has 1 saturated heterocycles. The van der Waals surface area contributed by atoms with Crippen LogP contribution in [0.5, 0.6) is 0 Å². The highest BCUT2D eigenvalue weighted by Crippen LogP contribution is 2.29. The molecule has 134 valence electrons. The summed E-state index contributed by atoms with van der Waals surface area (Å²) >= 11 is 0. The molecule has 0 bridgehead atoms. The molecule has 25 heavy (non-hydrogen) atoms. The van der Waals surface area contributed by atoms with Crippen molar-refractivity contribution in [2.45, 2.75) is 31.6 Å². The van der Waals surface area contributed by atoms with Crippen LogP contribution in [0.3, 0.4) is 0 Å². The van der Waals surface area contributed by atoms with Gasteiger partial charge in [-0.3, -0.25) is 9.58 Å². The monoisotopic (exact) mass is 353 g/mol. The van der Waals surface area contributed by atoms with E-state index in [1.807, 2.05) is 6.07 Å². The molecular formula is C17H18F3N3O2. The van der Waals surface area contributed by atoms with Gasteiger partial charge >= 0.3 is 12.1 Å². The number of halogens is 3. The van der Waals surface area contributed by atoms with E-state index in [1.54, 1.807) is 18.2 Å². The Balaban J connectivity index is 1.58. The molecule has 0 saturated carbocycles. The van der Waals surface area contributed by atoms with E-state index in [1.165, 1.54) is 10.9 Å². The molecule has 3 rings (SSSR count). The molecule has 2 heterocycles. The maximum Gasteiger partial charge on any atom is 0.435 e. The van der Waals surface area contributed by atoms with E-state index < -0.39 is 17.8 Å². The molecule has 5 nitrogen and oxygen atoms in total. The second kappa shape index (κ2) is 6.87. The number of carboxylic acids is 1. The van der Waals surface area contributed by atoms with Gasteiger partial charge in [-0.1, -0.05) is 12.1 Å². The fourth-order valence-corrected chi connectivity index (χ4v) is 3.10. The highest BCUT2D eigenvalue weighted by atomic mass is 19.4. The predicted octanol–water partition coefficient (Wildman–Crippen LogP) is 3.44. The van der Waals surface area contributed by atoms with Crippen LogP contribution in [0, 0.1) is 0 Å². The number of alkyl halides is 3. The quantitative estimate of drug-likeness (QED) is 0.915. The van der Waals surface area contributed by atoms with E-state index in [2.05, 4.69) is 10.00 Å². The molecule has 1 N–H and O–H groups in total. The summed E-state index contributed by atoms with van der Waals surface area (Å²) in [5.41, 5.74) is 0.306. The number of benzene rings is 1. The van der Waals surface area contributed by atoms with Gasteiger partial charge in [-0.2, -0.15) is 18.3 Å². The first-order valence-corrected chi connectivity index (χ1v) is 8.00. The van der Waals surface area contributed by atoms with Crippen LogP contribution in [0.1, 0.15) is 40.5 Å². The third-order valence-electron chi connectivity index (χ3n) is 4.41. The molecule has 1 fully saturated rings. The number of rotatable bonds is 4. The van der Waals surface area contributed by atoms with Gasteiger partial charge in [0.2, 0.25) is 0 Å². The van der Waals surface area contributed by atoms with Crippen molar-refractivity contribution in [2.75, 3.05) is 13.1 Å². The molecule has 1 aromatic heterocycles. The highest BCUT2D eigenvalue weighted by molar-refractivity contribution is 5.87. The smallest absolute Gasteiger partial charge is 0.435 e. The zero-order valence-electron chi connectivity index (χ0n) is 13.4. The second-order valence-electron chi connectivity index (χ2n) is 6.19. The predicted molar refractivity (Wildman–Crippen MR) is 84.2 cm³/mol. The Bertz CT molecular complexity index is 750. The molecule has 0 spiro atoms. The van der Waals surface area contributed by atoms with Gasteiger partial charge in [0.25, 0.3) is 0 Å². The molecule has 1 aliphatic rings. The zero-order chi connectivity index (χ0) is 18.0. The first-order valence-electron chi connectivity index (χ1n) is 8.00. The van der Waals surface area contributed by atoms with Gasteiger partial charge in [-0.05, 0) is 36.6 Å². The number of likely N-dealkylation sites (tertiary alicyclic amines) is 1.